The Morgan fingerprint density at radius 3 is 2.57 bits per heavy atom. The van der Waals surface area contributed by atoms with Crippen molar-refractivity contribution in [1.82, 2.24) is 9.88 Å². The van der Waals surface area contributed by atoms with E-state index in [2.05, 4.69) is 56.6 Å². The number of aromatic nitrogens is 1. The first-order valence-corrected chi connectivity index (χ1v) is 9.34. The van der Waals surface area contributed by atoms with Crippen LogP contribution in [0.25, 0.3) is 0 Å². The van der Waals surface area contributed by atoms with E-state index in [4.69, 9.17) is 4.98 Å². The van der Waals surface area contributed by atoms with Crippen LogP contribution in [0.5, 0.6) is 0 Å². The van der Waals surface area contributed by atoms with Crippen LogP contribution in [0, 0.1) is 12.8 Å². The molecule has 2 aliphatic heterocycles. The summed E-state index contributed by atoms with van der Waals surface area (Å²) in [5.41, 5.74) is 4.01. The van der Waals surface area contributed by atoms with E-state index >= 15 is 0 Å². The average Bonchev–Trinajstić information content (AvgIpc) is 2.77. The molecule has 0 N–H and O–H groups in total. The Hall–Kier alpha value is -1.09. The highest BCUT2D eigenvalue weighted by Gasteiger charge is 2.40. The van der Waals surface area contributed by atoms with Gasteiger partial charge in [-0.1, -0.05) is 27.7 Å². The van der Waals surface area contributed by atoms with E-state index < -0.39 is 0 Å². The largest absolute Gasteiger partial charge is 0.366 e. The van der Waals surface area contributed by atoms with Gasteiger partial charge in [-0.2, -0.15) is 0 Å². The third-order valence-electron chi connectivity index (χ3n) is 5.55. The highest BCUT2D eigenvalue weighted by atomic mass is 15.2. The molecule has 3 heteroatoms. The van der Waals surface area contributed by atoms with E-state index in [0.29, 0.717) is 6.04 Å². The molecular formula is C20H33N3. The van der Waals surface area contributed by atoms with E-state index in [1.54, 1.807) is 0 Å². The Kier molecular flexibility index (Phi) is 4.68. The van der Waals surface area contributed by atoms with Gasteiger partial charge in [0.05, 0.1) is 11.4 Å². The second-order valence-corrected chi connectivity index (χ2v) is 8.59. The molecule has 0 aliphatic carbocycles. The molecule has 1 aromatic heterocycles. The number of fused-ring (bicyclic) bond motifs is 1. The predicted octanol–water partition coefficient (Wildman–Crippen LogP) is 4.00. The van der Waals surface area contributed by atoms with Crippen molar-refractivity contribution in [2.24, 2.45) is 5.92 Å². The van der Waals surface area contributed by atoms with E-state index in [9.17, 15) is 0 Å². The molecule has 2 aliphatic rings. The zero-order valence-corrected chi connectivity index (χ0v) is 15.6. The predicted molar refractivity (Wildman–Crippen MR) is 98.3 cm³/mol. The first-order chi connectivity index (χ1) is 10.9. The van der Waals surface area contributed by atoms with Crippen LogP contribution in [-0.4, -0.2) is 42.1 Å². The second kappa shape index (κ2) is 6.43. The van der Waals surface area contributed by atoms with Crippen molar-refractivity contribution >= 4 is 5.69 Å². The van der Waals surface area contributed by atoms with Crippen LogP contribution in [0.3, 0.4) is 0 Å². The van der Waals surface area contributed by atoms with Gasteiger partial charge < -0.3 is 9.80 Å². The van der Waals surface area contributed by atoms with E-state index in [1.165, 1.54) is 50.3 Å². The molecule has 3 nitrogen and oxygen atoms in total. The first kappa shape index (κ1) is 16.8. The summed E-state index contributed by atoms with van der Waals surface area (Å²) in [6.45, 7) is 16.3. The number of aryl methyl sites for hydroxylation is 1. The topological polar surface area (TPSA) is 19.4 Å². The number of anilines is 1. The molecule has 128 valence electrons. The zero-order chi connectivity index (χ0) is 16.6. The van der Waals surface area contributed by atoms with Crippen LogP contribution in [0.4, 0.5) is 5.69 Å². The fourth-order valence-electron chi connectivity index (χ4n) is 4.09. The maximum atomic E-state index is 4.86. The SMILES string of the molecule is Cc1ccc2c(n1)C(C)(C)CN2C1CCN(CCC(C)C)CC1. The van der Waals surface area contributed by atoms with Gasteiger partial charge in [0.2, 0.25) is 0 Å². The van der Waals surface area contributed by atoms with Crippen LogP contribution in [0.2, 0.25) is 0 Å². The number of pyridine rings is 1. The third kappa shape index (κ3) is 3.55. The third-order valence-corrected chi connectivity index (χ3v) is 5.55. The summed E-state index contributed by atoms with van der Waals surface area (Å²) in [6.07, 6.45) is 3.91. The van der Waals surface area contributed by atoms with Gasteiger partial charge in [0.25, 0.3) is 0 Å². The standard InChI is InChI=1S/C20H33N3/c1-15(2)8-11-22-12-9-17(10-13-22)23-14-20(4,5)19-18(23)7-6-16(3)21-19/h6-7,15,17H,8-14H2,1-5H3. The molecule has 0 atom stereocenters. The highest BCUT2D eigenvalue weighted by molar-refractivity contribution is 5.60. The van der Waals surface area contributed by atoms with Gasteiger partial charge >= 0.3 is 0 Å². The highest BCUT2D eigenvalue weighted by Crippen LogP contribution is 2.41. The molecule has 3 rings (SSSR count). The van der Waals surface area contributed by atoms with Crippen molar-refractivity contribution in [3.63, 3.8) is 0 Å². The molecule has 0 radical (unpaired) electrons. The van der Waals surface area contributed by atoms with Crippen LogP contribution < -0.4 is 4.90 Å². The lowest BCUT2D eigenvalue weighted by Gasteiger charge is -2.38. The molecule has 0 saturated carbocycles. The maximum absolute atomic E-state index is 4.86. The summed E-state index contributed by atoms with van der Waals surface area (Å²) in [4.78, 5) is 10.2. The van der Waals surface area contributed by atoms with Crippen molar-refractivity contribution in [2.75, 3.05) is 31.1 Å². The molecule has 1 fully saturated rings. The second-order valence-electron chi connectivity index (χ2n) is 8.59. The van der Waals surface area contributed by atoms with Crippen molar-refractivity contribution in [3.05, 3.63) is 23.5 Å². The van der Waals surface area contributed by atoms with Crippen LogP contribution in [0.1, 0.15) is 58.3 Å². The van der Waals surface area contributed by atoms with Gasteiger partial charge in [-0.3, -0.25) is 4.98 Å². The van der Waals surface area contributed by atoms with Gasteiger partial charge in [-0.05, 0) is 50.8 Å². The molecule has 3 heterocycles. The summed E-state index contributed by atoms with van der Waals surface area (Å²) in [6, 6.07) is 5.16. The summed E-state index contributed by atoms with van der Waals surface area (Å²) >= 11 is 0. The maximum Gasteiger partial charge on any atom is 0.0713 e. The van der Waals surface area contributed by atoms with Gasteiger partial charge in [0.15, 0.2) is 0 Å². The van der Waals surface area contributed by atoms with E-state index in [1.807, 2.05) is 0 Å². The number of rotatable bonds is 4. The monoisotopic (exact) mass is 315 g/mol. The van der Waals surface area contributed by atoms with E-state index in [0.717, 1.165) is 18.2 Å². The van der Waals surface area contributed by atoms with Crippen molar-refractivity contribution in [2.45, 2.75) is 65.3 Å². The van der Waals surface area contributed by atoms with E-state index in [-0.39, 0.29) is 5.41 Å². The van der Waals surface area contributed by atoms with Crippen LogP contribution >= 0.6 is 0 Å². The van der Waals surface area contributed by atoms with Crippen LogP contribution in [0.15, 0.2) is 12.1 Å². The molecule has 1 aromatic rings. The molecular weight excluding hydrogens is 282 g/mol. The van der Waals surface area contributed by atoms with Gasteiger partial charge in [-0.15, -0.1) is 0 Å². The molecule has 0 unspecified atom stereocenters. The molecule has 0 bridgehead atoms. The Labute approximate surface area is 142 Å². The van der Waals surface area contributed by atoms with Gasteiger partial charge in [-0.25, -0.2) is 0 Å². The number of nitrogens with zero attached hydrogens (tertiary/aromatic N) is 3. The Balaban J connectivity index is 1.66. The normalized spacial score (nSPS) is 21.9. The molecule has 23 heavy (non-hydrogen) atoms. The minimum absolute atomic E-state index is 0.177. The van der Waals surface area contributed by atoms with Crippen LogP contribution in [-0.2, 0) is 5.41 Å². The number of likely N-dealkylation sites (tertiary alicyclic amines) is 1. The number of hydrogen-bond acceptors (Lipinski definition) is 3. The summed E-state index contributed by atoms with van der Waals surface area (Å²) in [5.74, 6) is 0.813. The lowest BCUT2D eigenvalue weighted by molar-refractivity contribution is 0.199. The fraction of sp³-hybridized carbons (Fsp3) is 0.750. The minimum Gasteiger partial charge on any atom is -0.366 e. The summed E-state index contributed by atoms with van der Waals surface area (Å²) in [7, 11) is 0. The summed E-state index contributed by atoms with van der Waals surface area (Å²) < 4.78 is 0. The average molecular weight is 316 g/mol. The van der Waals surface area contributed by atoms with Gasteiger partial charge in [0, 0.05) is 36.8 Å². The number of piperidine rings is 1. The first-order valence-electron chi connectivity index (χ1n) is 9.34. The number of hydrogen-bond donors (Lipinski definition) is 0. The lowest BCUT2D eigenvalue weighted by Crippen LogP contribution is -2.46. The van der Waals surface area contributed by atoms with Crippen molar-refractivity contribution < 1.29 is 0 Å². The zero-order valence-electron chi connectivity index (χ0n) is 15.6. The lowest BCUT2D eigenvalue weighted by atomic mass is 9.91. The van der Waals surface area contributed by atoms with Crippen molar-refractivity contribution in [1.29, 1.82) is 0 Å². The minimum atomic E-state index is 0.177. The molecule has 0 spiro atoms. The van der Waals surface area contributed by atoms with Crippen molar-refractivity contribution in [3.8, 4) is 0 Å². The Morgan fingerprint density at radius 2 is 1.91 bits per heavy atom. The quantitative estimate of drug-likeness (QED) is 0.837. The smallest absolute Gasteiger partial charge is 0.0713 e. The summed E-state index contributed by atoms with van der Waals surface area (Å²) in [5, 5.41) is 0. The van der Waals surface area contributed by atoms with Gasteiger partial charge in [0.1, 0.15) is 0 Å². The fourth-order valence-corrected chi connectivity index (χ4v) is 4.09. The molecule has 1 saturated heterocycles. The Morgan fingerprint density at radius 1 is 1.22 bits per heavy atom. The molecule has 0 amide bonds. The molecule has 0 aromatic carbocycles. The Bertz CT molecular complexity index is 542.